The van der Waals surface area contributed by atoms with E-state index in [1.807, 2.05) is 0 Å². The Bertz CT molecular complexity index is 831. The minimum atomic E-state index is -4.58. The molecule has 0 spiro atoms. The van der Waals surface area contributed by atoms with Crippen molar-refractivity contribution in [3.8, 4) is 0 Å². The molecule has 1 fully saturated rings. The van der Waals surface area contributed by atoms with Crippen LogP contribution in [0.2, 0.25) is 0 Å². The van der Waals surface area contributed by atoms with Crippen molar-refractivity contribution < 1.29 is 17.9 Å². The average Bonchev–Trinajstić information content (AvgIpc) is 3.02. The van der Waals surface area contributed by atoms with Crippen LogP contribution < -0.4 is 5.56 Å². The summed E-state index contributed by atoms with van der Waals surface area (Å²) in [7, 11) is 1.52. The van der Waals surface area contributed by atoms with E-state index in [1.165, 1.54) is 11.6 Å². The number of nitrogens with zero attached hydrogens (tertiary/aromatic N) is 1. The zero-order chi connectivity index (χ0) is 17.6. The average molecular weight is 339 g/mol. The Kier molecular flexibility index (Phi) is 4.20. The predicted molar refractivity (Wildman–Crippen MR) is 86.2 cm³/mol. The van der Waals surface area contributed by atoms with E-state index in [4.69, 9.17) is 4.74 Å². The standard InChI is InChI=1S/C18H20F3NO2/c1-10(2)15-16(18(19,20)21)12-9-11(14-5-4-8-24-14)6-7-13(12)22(3)17(15)23/h6-7,9-10,14H,4-5,8H2,1-3H3. The van der Waals surface area contributed by atoms with Crippen LogP contribution >= 0.6 is 0 Å². The number of benzene rings is 1. The lowest BCUT2D eigenvalue weighted by Gasteiger charge is -2.21. The molecule has 1 aromatic carbocycles. The number of alkyl halides is 3. The largest absolute Gasteiger partial charge is 0.417 e. The molecule has 2 aromatic rings. The highest BCUT2D eigenvalue weighted by atomic mass is 19.4. The van der Waals surface area contributed by atoms with Crippen LogP contribution in [0.15, 0.2) is 23.0 Å². The first-order valence-electron chi connectivity index (χ1n) is 8.07. The molecular formula is C18H20F3NO2. The number of fused-ring (bicyclic) bond motifs is 1. The van der Waals surface area contributed by atoms with Gasteiger partial charge in [0.1, 0.15) is 0 Å². The number of pyridine rings is 1. The SMILES string of the molecule is CC(C)c1c(C(F)(F)F)c2cc(C3CCCO3)ccc2n(C)c1=O. The second-order valence-corrected chi connectivity index (χ2v) is 6.58. The number of halogens is 3. The molecule has 0 bridgehead atoms. The van der Waals surface area contributed by atoms with Gasteiger partial charge in [0.05, 0.1) is 17.2 Å². The van der Waals surface area contributed by atoms with Gasteiger partial charge in [-0.15, -0.1) is 0 Å². The Hall–Kier alpha value is -1.82. The van der Waals surface area contributed by atoms with Gasteiger partial charge < -0.3 is 9.30 Å². The summed E-state index contributed by atoms with van der Waals surface area (Å²) in [6, 6.07) is 4.89. The monoisotopic (exact) mass is 339 g/mol. The van der Waals surface area contributed by atoms with Gasteiger partial charge in [0.15, 0.2) is 0 Å². The lowest BCUT2D eigenvalue weighted by Crippen LogP contribution is -2.28. The maximum atomic E-state index is 13.8. The fraction of sp³-hybridized carbons (Fsp3) is 0.500. The number of rotatable bonds is 2. The molecular weight excluding hydrogens is 319 g/mol. The molecule has 1 unspecified atom stereocenters. The van der Waals surface area contributed by atoms with E-state index >= 15 is 0 Å². The third kappa shape index (κ3) is 2.73. The second kappa shape index (κ2) is 5.92. The summed E-state index contributed by atoms with van der Waals surface area (Å²) in [4.78, 5) is 12.5. The van der Waals surface area contributed by atoms with Gasteiger partial charge in [-0.1, -0.05) is 19.9 Å². The van der Waals surface area contributed by atoms with E-state index in [0.29, 0.717) is 12.1 Å². The van der Waals surface area contributed by atoms with E-state index in [-0.39, 0.29) is 17.1 Å². The summed E-state index contributed by atoms with van der Waals surface area (Å²) in [5, 5.41) is 0.0706. The first-order valence-corrected chi connectivity index (χ1v) is 8.07. The van der Waals surface area contributed by atoms with Gasteiger partial charge in [0.25, 0.3) is 5.56 Å². The van der Waals surface area contributed by atoms with Crippen molar-refractivity contribution in [2.75, 3.05) is 6.61 Å². The normalized spacial score (nSPS) is 18.7. The molecule has 1 atom stereocenters. The molecule has 1 aliphatic rings. The van der Waals surface area contributed by atoms with Gasteiger partial charge in [0.2, 0.25) is 0 Å². The number of hydrogen-bond acceptors (Lipinski definition) is 2. The van der Waals surface area contributed by atoms with Crippen LogP contribution in [-0.4, -0.2) is 11.2 Å². The highest BCUT2D eigenvalue weighted by molar-refractivity contribution is 5.85. The van der Waals surface area contributed by atoms with Crippen LogP contribution in [0.5, 0.6) is 0 Å². The van der Waals surface area contributed by atoms with Crippen molar-refractivity contribution in [3.63, 3.8) is 0 Å². The van der Waals surface area contributed by atoms with Crippen molar-refractivity contribution in [1.29, 1.82) is 0 Å². The van der Waals surface area contributed by atoms with Crippen molar-refractivity contribution >= 4 is 10.9 Å². The van der Waals surface area contributed by atoms with E-state index in [2.05, 4.69) is 0 Å². The van der Waals surface area contributed by atoms with Crippen molar-refractivity contribution in [3.05, 3.63) is 45.2 Å². The molecule has 1 aromatic heterocycles. The highest BCUT2D eigenvalue weighted by Crippen LogP contribution is 2.40. The molecule has 130 valence electrons. The molecule has 2 heterocycles. The molecule has 24 heavy (non-hydrogen) atoms. The first-order chi connectivity index (χ1) is 11.2. The summed E-state index contributed by atoms with van der Waals surface area (Å²) >= 11 is 0. The smallest absolute Gasteiger partial charge is 0.374 e. The fourth-order valence-corrected chi connectivity index (χ4v) is 3.47. The summed E-state index contributed by atoms with van der Waals surface area (Å²) < 4.78 is 48.2. The summed E-state index contributed by atoms with van der Waals surface area (Å²) in [6.45, 7) is 3.85. The van der Waals surface area contributed by atoms with Crippen LogP contribution in [-0.2, 0) is 18.0 Å². The second-order valence-electron chi connectivity index (χ2n) is 6.58. The molecule has 0 saturated carbocycles. The molecule has 0 amide bonds. The predicted octanol–water partition coefficient (Wildman–Crippen LogP) is 4.53. The summed E-state index contributed by atoms with van der Waals surface area (Å²) in [6.07, 6.45) is -3.05. The van der Waals surface area contributed by atoms with E-state index in [1.54, 1.807) is 32.0 Å². The lowest BCUT2D eigenvalue weighted by atomic mass is 9.93. The van der Waals surface area contributed by atoms with Crippen LogP contribution in [0.4, 0.5) is 13.2 Å². The third-order valence-electron chi connectivity index (χ3n) is 4.62. The Morgan fingerprint density at radius 1 is 1.29 bits per heavy atom. The zero-order valence-electron chi connectivity index (χ0n) is 13.9. The van der Waals surface area contributed by atoms with E-state index < -0.39 is 23.2 Å². The topological polar surface area (TPSA) is 31.2 Å². The molecule has 0 aliphatic carbocycles. The quantitative estimate of drug-likeness (QED) is 0.805. The van der Waals surface area contributed by atoms with Gasteiger partial charge in [-0.25, -0.2) is 0 Å². The molecule has 3 rings (SSSR count). The van der Waals surface area contributed by atoms with Crippen LogP contribution in [0.3, 0.4) is 0 Å². The van der Waals surface area contributed by atoms with Crippen LogP contribution in [0, 0.1) is 0 Å². The Morgan fingerprint density at radius 2 is 2.00 bits per heavy atom. The number of ether oxygens (including phenoxy) is 1. The zero-order valence-corrected chi connectivity index (χ0v) is 13.9. The number of aromatic nitrogens is 1. The molecule has 6 heteroatoms. The first kappa shape index (κ1) is 17.0. The maximum Gasteiger partial charge on any atom is 0.417 e. The van der Waals surface area contributed by atoms with Gasteiger partial charge >= 0.3 is 6.18 Å². The van der Waals surface area contributed by atoms with Gasteiger partial charge in [-0.3, -0.25) is 4.79 Å². The summed E-state index contributed by atoms with van der Waals surface area (Å²) in [5.74, 6) is -0.517. The number of hydrogen-bond donors (Lipinski definition) is 0. The molecule has 0 radical (unpaired) electrons. The maximum absolute atomic E-state index is 13.8. The fourth-order valence-electron chi connectivity index (χ4n) is 3.47. The van der Waals surface area contributed by atoms with Crippen LogP contribution in [0.25, 0.3) is 10.9 Å². The third-order valence-corrected chi connectivity index (χ3v) is 4.62. The Balaban J connectivity index is 2.39. The van der Waals surface area contributed by atoms with Gasteiger partial charge in [-0.2, -0.15) is 13.2 Å². The molecule has 1 saturated heterocycles. The van der Waals surface area contributed by atoms with Gasteiger partial charge in [-0.05, 0) is 36.5 Å². The molecule has 3 nitrogen and oxygen atoms in total. The Labute approximate surface area is 138 Å². The van der Waals surface area contributed by atoms with E-state index in [0.717, 1.165) is 18.4 Å². The Morgan fingerprint density at radius 3 is 2.54 bits per heavy atom. The van der Waals surface area contributed by atoms with E-state index in [9.17, 15) is 18.0 Å². The molecule has 1 aliphatic heterocycles. The minimum absolute atomic E-state index is 0.0706. The van der Waals surface area contributed by atoms with Crippen molar-refractivity contribution in [2.45, 2.75) is 44.9 Å². The van der Waals surface area contributed by atoms with Crippen molar-refractivity contribution in [2.24, 2.45) is 7.05 Å². The highest BCUT2D eigenvalue weighted by Gasteiger charge is 2.38. The lowest BCUT2D eigenvalue weighted by molar-refractivity contribution is -0.137. The van der Waals surface area contributed by atoms with Crippen molar-refractivity contribution in [1.82, 2.24) is 4.57 Å². The summed E-state index contributed by atoms with van der Waals surface area (Å²) in [5.41, 5.74) is -0.551. The minimum Gasteiger partial charge on any atom is -0.374 e. The van der Waals surface area contributed by atoms with Crippen LogP contribution in [0.1, 0.15) is 55.4 Å². The molecule has 0 N–H and O–H groups in total. The number of aryl methyl sites for hydroxylation is 1. The van der Waals surface area contributed by atoms with Gasteiger partial charge in [0, 0.05) is 24.6 Å².